The number of sulfonamides is 1. The van der Waals surface area contributed by atoms with Crippen molar-refractivity contribution in [1.29, 1.82) is 0 Å². The van der Waals surface area contributed by atoms with E-state index in [1.807, 2.05) is 0 Å². The first-order chi connectivity index (χ1) is 13.1. The van der Waals surface area contributed by atoms with Gasteiger partial charge in [0.15, 0.2) is 5.82 Å². The number of aromatic nitrogens is 2. The Kier molecular flexibility index (Phi) is 4.32. The van der Waals surface area contributed by atoms with Crippen LogP contribution in [0.4, 0.5) is 19.0 Å². The summed E-state index contributed by atoms with van der Waals surface area (Å²) in [6.07, 6.45) is -0.532. The lowest BCUT2D eigenvalue weighted by atomic mass is 10.0. The number of aromatic amines is 1. The Morgan fingerprint density at radius 3 is 2.57 bits per heavy atom. The predicted molar refractivity (Wildman–Crippen MR) is 99.2 cm³/mol. The second kappa shape index (κ2) is 6.36. The third-order valence-electron chi connectivity index (χ3n) is 4.70. The summed E-state index contributed by atoms with van der Waals surface area (Å²) in [4.78, 5) is -0.233. The number of nitrogens with one attached hydrogen (secondary N) is 1. The van der Waals surface area contributed by atoms with Crippen LogP contribution in [0.25, 0.3) is 22.0 Å². The summed E-state index contributed by atoms with van der Waals surface area (Å²) in [5.74, 6) is -3.72. The van der Waals surface area contributed by atoms with Gasteiger partial charge in [-0.3, -0.25) is 5.10 Å². The highest BCUT2D eigenvalue weighted by molar-refractivity contribution is 7.89. The van der Waals surface area contributed by atoms with Gasteiger partial charge >= 0.3 is 0 Å². The maximum atomic E-state index is 14.9. The average Bonchev–Trinajstić information content (AvgIpc) is 3.19. The number of hydrogen-bond acceptors (Lipinski definition) is 4. The number of nitrogens with zero attached hydrogens (tertiary/aromatic N) is 2. The van der Waals surface area contributed by atoms with Gasteiger partial charge in [-0.25, -0.2) is 21.6 Å². The summed E-state index contributed by atoms with van der Waals surface area (Å²) < 4.78 is 67.6. The van der Waals surface area contributed by atoms with Crippen LogP contribution in [0.3, 0.4) is 0 Å². The molecule has 0 amide bonds. The number of rotatable bonds is 3. The number of halogens is 4. The van der Waals surface area contributed by atoms with Crippen molar-refractivity contribution < 1.29 is 21.6 Å². The van der Waals surface area contributed by atoms with Crippen molar-refractivity contribution in [2.45, 2.75) is 17.2 Å². The van der Waals surface area contributed by atoms with E-state index in [9.17, 15) is 21.6 Å². The van der Waals surface area contributed by atoms with Gasteiger partial charge in [-0.15, -0.1) is 0 Å². The molecule has 3 aromatic rings. The Hall–Kier alpha value is -2.30. The number of fused-ring (bicyclic) bond motifs is 1. The molecule has 0 saturated carbocycles. The van der Waals surface area contributed by atoms with Gasteiger partial charge in [0.25, 0.3) is 5.92 Å². The molecule has 3 N–H and O–H groups in total. The minimum atomic E-state index is -4.13. The molecule has 0 aliphatic carbocycles. The SMILES string of the molecule is Nc1n[nH]c2ccc(-c3ccc(S(=O)(=O)N4CCC(F)(F)C4)cc3Cl)c(F)c12. The van der Waals surface area contributed by atoms with Crippen LogP contribution in [-0.2, 0) is 10.0 Å². The zero-order chi connectivity index (χ0) is 20.3. The molecule has 1 aliphatic rings. The Morgan fingerprint density at radius 1 is 1.21 bits per heavy atom. The summed E-state index contributed by atoms with van der Waals surface area (Å²) in [5, 5.41) is 6.41. The summed E-state index contributed by atoms with van der Waals surface area (Å²) in [6, 6.07) is 6.72. The summed E-state index contributed by atoms with van der Waals surface area (Å²) >= 11 is 6.22. The molecule has 0 atom stereocenters. The largest absolute Gasteiger partial charge is 0.382 e. The van der Waals surface area contributed by atoms with Gasteiger partial charge in [-0.1, -0.05) is 17.7 Å². The van der Waals surface area contributed by atoms with E-state index in [0.717, 1.165) is 10.4 Å². The van der Waals surface area contributed by atoms with Crippen molar-refractivity contribution in [2.75, 3.05) is 18.8 Å². The molecule has 0 bridgehead atoms. The molecule has 6 nitrogen and oxygen atoms in total. The van der Waals surface area contributed by atoms with Crippen molar-refractivity contribution in [3.05, 3.63) is 41.2 Å². The third kappa shape index (κ3) is 3.01. The number of H-pyrrole nitrogens is 1. The topological polar surface area (TPSA) is 92.1 Å². The lowest BCUT2D eigenvalue weighted by Gasteiger charge is -2.17. The average molecular weight is 431 g/mol. The van der Waals surface area contributed by atoms with Crippen LogP contribution in [0.1, 0.15) is 6.42 Å². The van der Waals surface area contributed by atoms with E-state index in [2.05, 4.69) is 10.2 Å². The van der Waals surface area contributed by atoms with Crippen LogP contribution in [0.15, 0.2) is 35.2 Å². The quantitative estimate of drug-likeness (QED) is 0.663. The maximum Gasteiger partial charge on any atom is 0.262 e. The second-order valence-corrected chi connectivity index (χ2v) is 8.89. The molecule has 0 spiro atoms. The Bertz CT molecular complexity index is 1200. The molecule has 1 aromatic heterocycles. The minimum Gasteiger partial charge on any atom is -0.382 e. The number of anilines is 1. The van der Waals surface area contributed by atoms with Gasteiger partial charge in [0.2, 0.25) is 10.0 Å². The number of benzene rings is 2. The van der Waals surface area contributed by atoms with Gasteiger partial charge < -0.3 is 5.73 Å². The Morgan fingerprint density at radius 2 is 1.93 bits per heavy atom. The first-order valence-corrected chi connectivity index (χ1v) is 10.0. The monoisotopic (exact) mass is 430 g/mol. The van der Waals surface area contributed by atoms with E-state index in [4.69, 9.17) is 17.3 Å². The molecule has 0 radical (unpaired) electrons. The molecule has 1 saturated heterocycles. The standard InChI is InChI=1S/C17H14ClF3N4O2S/c18-12-7-9(28(26,27)25-6-5-17(20,21)8-25)1-2-10(12)11-3-4-13-14(15(11)19)16(22)24-23-13/h1-4,7H,5-6,8H2,(H3,22,23,24). The van der Waals surface area contributed by atoms with Gasteiger partial charge in [-0.2, -0.15) is 9.40 Å². The van der Waals surface area contributed by atoms with E-state index in [1.165, 1.54) is 18.2 Å². The molecule has 2 aromatic carbocycles. The van der Waals surface area contributed by atoms with E-state index in [-0.39, 0.29) is 38.8 Å². The highest BCUT2D eigenvalue weighted by Gasteiger charge is 2.43. The normalized spacial score (nSPS) is 17.4. The molecular weight excluding hydrogens is 417 g/mol. The second-order valence-electron chi connectivity index (χ2n) is 6.54. The number of nitrogen functional groups attached to an aromatic ring is 1. The number of nitrogens with two attached hydrogens (primary N) is 1. The molecule has 1 fully saturated rings. The van der Waals surface area contributed by atoms with E-state index in [0.29, 0.717) is 5.52 Å². The number of alkyl halides is 2. The van der Waals surface area contributed by atoms with Crippen molar-refractivity contribution >= 4 is 38.3 Å². The highest BCUT2D eigenvalue weighted by Crippen LogP contribution is 2.37. The molecule has 28 heavy (non-hydrogen) atoms. The maximum absolute atomic E-state index is 14.9. The molecule has 11 heteroatoms. The van der Waals surface area contributed by atoms with Gasteiger partial charge in [0.1, 0.15) is 5.82 Å². The molecule has 2 heterocycles. The van der Waals surface area contributed by atoms with Gasteiger partial charge in [-0.05, 0) is 24.3 Å². The zero-order valence-corrected chi connectivity index (χ0v) is 15.8. The van der Waals surface area contributed by atoms with Crippen LogP contribution in [-0.4, -0.2) is 41.9 Å². The first kappa shape index (κ1) is 19.0. The highest BCUT2D eigenvalue weighted by atomic mass is 35.5. The van der Waals surface area contributed by atoms with Crippen molar-refractivity contribution in [2.24, 2.45) is 0 Å². The fourth-order valence-corrected chi connectivity index (χ4v) is 5.08. The van der Waals surface area contributed by atoms with Crippen LogP contribution >= 0.6 is 11.6 Å². The lowest BCUT2D eigenvalue weighted by Crippen LogP contribution is -2.31. The van der Waals surface area contributed by atoms with Crippen LogP contribution in [0.2, 0.25) is 5.02 Å². The Balaban J connectivity index is 1.75. The lowest BCUT2D eigenvalue weighted by molar-refractivity contribution is 0.0183. The molecule has 0 unspecified atom stereocenters. The molecule has 148 valence electrons. The molecule has 4 rings (SSSR count). The van der Waals surface area contributed by atoms with E-state index >= 15 is 0 Å². The summed E-state index contributed by atoms with van der Waals surface area (Å²) in [7, 11) is -4.13. The van der Waals surface area contributed by atoms with E-state index in [1.54, 1.807) is 6.07 Å². The fraction of sp³-hybridized carbons (Fsp3) is 0.235. The minimum absolute atomic E-state index is 0.0142. The van der Waals surface area contributed by atoms with Crippen LogP contribution in [0, 0.1) is 5.82 Å². The molecular formula is C17H14ClF3N4O2S. The summed E-state index contributed by atoms with van der Waals surface area (Å²) in [6.45, 7) is -1.15. The van der Waals surface area contributed by atoms with Crippen LogP contribution in [0.5, 0.6) is 0 Å². The van der Waals surface area contributed by atoms with Gasteiger partial charge in [0, 0.05) is 29.1 Å². The van der Waals surface area contributed by atoms with Crippen LogP contribution < -0.4 is 5.73 Å². The van der Waals surface area contributed by atoms with E-state index < -0.39 is 34.7 Å². The number of hydrogen-bond donors (Lipinski definition) is 2. The van der Waals surface area contributed by atoms with Crippen molar-refractivity contribution in [3.8, 4) is 11.1 Å². The zero-order valence-electron chi connectivity index (χ0n) is 14.2. The molecule has 1 aliphatic heterocycles. The smallest absolute Gasteiger partial charge is 0.262 e. The fourth-order valence-electron chi connectivity index (χ4n) is 3.24. The van der Waals surface area contributed by atoms with Gasteiger partial charge in [0.05, 0.1) is 22.3 Å². The Labute approximate surface area is 163 Å². The predicted octanol–water partition coefficient (Wildman–Crippen LogP) is 3.63. The van der Waals surface area contributed by atoms with Crippen molar-refractivity contribution in [3.63, 3.8) is 0 Å². The summed E-state index contributed by atoms with van der Waals surface area (Å²) in [5.41, 5.74) is 6.44. The van der Waals surface area contributed by atoms with Crippen molar-refractivity contribution in [1.82, 2.24) is 14.5 Å². The first-order valence-electron chi connectivity index (χ1n) is 8.20. The third-order valence-corrected chi connectivity index (χ3v) is 6.85.